The standard InChI is InChI=1S/C20H26N4O/c1-2-17(20-22-21-14-24(20)18-4-5-18)13-23(9-1)10-7-15-3-6-19-16(12-15)8-11-25-19/h3,6,12,14,17-18H,1-2,4-5,7-11,13H2/t17-/m0/s1. The Morgan fingerprint density at radius 2 is 2.16 bits per heavy atom. The molecule has 0 spiro atoms. The number of piperidine rings is 1. The minimum absolute atomic E-state index is 0.547. The van der Waals surface area contributed by atoms with Gasteiger partial charge in [0.15, 0.2) is 0 Å². The van der Waals surface area contributed by atoms with Gasteiger partial charge in [-0.25, -0.2) is 0 Å². The summed E-state index contributed by atoms with van der Waals surface area (Å²) in [7, 11) is 0. The second-order valence-corrected chi connectivity index (χ2v) is 7.76. The van der Waals surface area contributed by atoms with Crippen molar-refractivity contribution in [3.63, 3.8) is 0 Å². The molecule has 5 nitrogen and oxygen atoms in total. The molecule has 0 bridgehead atoms. The Kier molecular flexibility index (Phi) is 3.97. The molecule has 2 fully saturated rings. The van der Waals surface area contributed by atoms with Gasteiger partial charge in [0.1, 0.15) is 17.9 Å². The van der Waals surface area contributed by atoms with Crippen molar-refractivity contribution in [2.45, 2.75) is 50.5 Å². The molecule has 5 heteroatoms. The number of fused-ring (bicyclic) bond motifs is 1. The topological polar surface area (TPSA) is 43.2 Å². The second-order valence-electron chi connectivity index (χ2n) is 7.76. The fourth-order valence-corrected chi connectivity index (χ4v) is 4.33. The first-order valence-corrected chi connectivity index (χ1v) is 9.73. The van der Waals surface area contributed by atoms with Crippen LogP contribution in [0, 0.1) is 0 Å². The molecule has 0 N–H and O–H groups in total. The molecule has 1 atom stereocenters. The van der Waals surface area contributed by atoms with Gasteiger partial charge >= 0.3 is 0 Å². The Morgan fingerprint density at radius 1 is 1.20 bits per heavy atom. The van der Waals surface area contributed by atoms with Crippen molar-refractivity contribution in [2.75, 3.05) is 26.2 Å². The molecular formula is C20H26N4O. The van der Waals surface area contributed by atoms with E-state index in [1.807, 2.05) is 6.33 Å². The first-order chi connectivity index (χ1) is 12.4. The first kappa shape index (κ1) is 15.4. The summed E-state index contributed by atoms with van der Waals surface area (Å²) in [6.45, 7) is 4.31. The quantitative estimate of drug-likeness (QED) is 0.841. The highest BCUT2D eigenvalue weighted by Crippen LogP contribution is 2.38. The lowest BCUT2D eigenvalue weighted by Crippen LogP contribution is -2.36. The fraction of sp³-hybridized carbons (Fsp3) is 0.600. The zero-order valence-electron chi connectivity index (χ0n) is 14.7. The largest absolute Gasteiger partial charge is 0.493 e. The molecule has 1 aromatic carbocycles. The van der Waals surface area contributed by atoms with Crippen molar-refractivity contribution in [3.05, 3.63) is 41.5 Å². The number of benzene rings is 1. The lowest BCUT2D eigenvalue weighted by Gasteiger charge is -2.32. The molecule has 2 aliphatic heterocycles. The third kappa shape index (κ3) is 3.17. The van der Waals surface area contributed by atoms with E-state index in [1.165, 1.54) is 49.2 Å². The number of nitrogens with zero attached hydrogens (tertiary/aromatic N) is 4. The molecular weight excluding hydrogens is 312 g/mol. The molecule has 5 rings (SSSR count). The van der Waals surface area contributed by atoms with Crippen molar-refractivity contribution in [3.8, 4) is 5.75 Å². The number of aromatic nitrogens is 3. The van der Waals surface area contributed by atoms with Gasteiger partial charge in [-0.15, -0.1) is 10.2 Å². The molecule has 132 valence electrons. The average Bonchev–Trinajstić information content (AvgIpc) is 3.19. The zero-order chi connectivity index (χ0) is 16.6. The zero-order valence-corrected chi connectivity index (χ0v) is 14.7. The Bertz CT molecular complexity index is 752. The summed E-state index contributed by atoms with van der Waals surface area (Å²) < 4.78 is 7.96. The highest BCUT2D eigenvalue weighted by molar-refractivity contribution is 5.39. The summed E-state index contributed by atoms with van der Waals surface area (Å²) in [5.41, 5.74) is 2.82. The maximum Gasteiger partial charge on any atom is 0.137 e. The Labute approximate surface area is 149 Å². The van der Waals surface area contributed by atoms with Crippen LogP contribution in [0.1, 0.15) is 54.6 Å². The molecule has 1 aromatic heterocycles. The number of ether oxygens (including phenoxy) is 1. The van der Waals surface area contributed by atoms with Crippen molar-refractivity contribution in [2.24, 2.45) is 0 Å². The Hall–Kier alpha value is -1.88. The summed E-state index contributed by atoms with van der Waals surface area (Å²) in [5.74, 6) is 2.85. The molecule has 1 aliphatic carbocycles. The molecule has 1 saturated heterocycles. The monoisotopic (exact) mass is 338 g/mol. The SMILES string of the molecule is c1cc2c(cc1CCN1CCC[C@H](c3nncn3C3CC3)C1)CCO2. The van der Waals surface area contributed by atoms with Gasteiger partial charge in [0.2, 0.25) is 0 Å². The molecule has 25 heavy (non-hydrogen) atoms. The first-order valence-electron chi connectivity index (χ1n) is 9.73. The van der Waals surface area contributed by atoms with E-state index in [0.717, 1.165) is 38.3 Å². The van der Waals surface area contributed by atoms with Crippen molar-refractivity contribution in [1.29, 1.82) is 0 Å². The normalized spacial score (nSPS) is 23.4. The number of hydrogen-bond acceptors (Lipinski definition) is 4. The molecule has 2 aromatic rings. The van der Waals surface area contributed by atoms with Crippen LogP contribution in [-0.4, -0.2) is 45.9 Å². The predicted molar refractivity (Wildman–Crippen MR) is 96.1 cm³/mol. The maximum absolute atomic E-state index is 5.61. The van der Waals surface area contributed by atoms with Crippen LogP contribution in [0.15, 0.2) is 24.5 Å². The smallest absolute Gasteiger partial charge is 0.137 e. The Morgan fingerprint density at radius 3 is 3.08 bits per heavy atom. The predicted octanol–water partition coefficient (Wildman–Crippen LogP) is 2.97. The lowest BCUT2D eigenvalue weighted by atomic mass is 9.96. The highest BCUT2D eigenvalue weighted by Gasteiger charge is 2.31. The summed E-state index contributed by atoms with van der Waals surface area (Å²) in [4.78, 5) is 2.61. The van der Waals surface area contributed by atoms with Crippen LogP contribution in [0.3, 0.4) is 0 Å². The molecule has 0 unspecified atom stereocenters. The van der Waals surface area contributed by atoms with Gasteiger partial charge in [-0.1, -0.05) is 12.1 Å². The van der Waals surface area contributed by atoms with Gasteiger partial charge in [-0.05, 0) is 55.8 Å². The van der Waals surface area contributed by atoms with Gasteiger partial charge in [0.05, 0.1) is 6.61 Å². The summed E-state index contributed by atoms with van der Waals surface area (Å²) in [6.07, 6.45) is 9.23. The highest BCUT2D eigenvalue weighted by atomic mass is 16.5. The Balaban J connectivity index is 1.22. The molecule has 0 radical (unpaired) electrons. The van der Waals surface area contributed by atoms with E-state index >= 15 is 0 Å². The minimum Gasteiger partial charge on any atom is -0.493 e. The van der Waals surface area contributed by atoms with E-state index in [1.54, 1.807) is 0 Å². The third-order valence-electron chi connectivity index (χ3n) is 5.88. The van der Waals surface area contributed by atoms with Crippen LogP contribution in [0.2, 0.25) is 0 Å². The van der Waals surface area contributed by atoms with Gasteiger partial charge in [-0.3, -0.25) is 0 Å². The van der Waals surface area contributed by atoms with Gasteiger partial charge in [0.25, 0.3) is 0 Å². The van der Waals surface area contributed by atoms with Gasteiger partial charge in [0, 0.05) is 31.5 Å². The molecule has 3 heterocycles. The minimum atomic E-state index is 0.547. The number of hydrogen-bond donors (Lipinski definition) is 0. The van der Waals surface area contributed by atoms with E-state index in [0.29, 0.717) is 12.0 Å². The van der Waals surface area contributed by atoms with E-state index < -0.39 is 0 Å². The van der Waals surface area contributed by atoms with E-state index in [2.05, 4.69) is 37.9 Å². The van der Waals surface area contributed by atoms with Crippen LogP contribution in [0.5, 0.6) is 5.75 Å². The van der Waals surface area contributed by atoms with Crippen molar-refractivity contribution in [1.82, 2.24) is 19.7 Å². The maximum atomic E-state index is 5.61. The summed E-state index contributed by atoms with van der Waals surface area (Å²) in [5, 5.41) is 8.66. The van der Waals surface area contributed by atoms with Gasteiger partial charge in [-0.2, -0.15) is 0 Å². The van der Waals surface area contributed by atoms with E-state index in [4.69, 9.17) is 4.74 Å². The summed E-state index contributed by atoms with van der Waals surface area (Å²) in [6, 6.07) is 7.39. The fourth-order valence-electron chi connectivity index (χ4n) is 4.33. The van der Waals surface area contributed by atoms with Crippen molar-refractivity contribution >= 4 is 0 Å². The van der Waals surface area contributed by atoms with Crippen LogP contribution in [0.25, 0.3) is 0 Å². The lowest BCUT2D eigenvalue weighted by molar-refractivity contribution is 0.204. The van der Waals surface area contributed by atoms with Crippen LogP contribution in [0.4, 0.5) is 0 Å². The van der Waals surface area contributed by atoms with Crippen LogP contribution in [-0.2, 0) is 12.8 Å². The average molecular weight is 338 g/mol. The van der Waals surface area contributed by atoms with Crippen LogP contribution < -0.4 is 4.74 Å². The van der Waals surface area contributed by atoms with Crippen LogP contribution >= 0.6 is 0 Å². The van der Waals surface area contributed by atoms with E-state index in [-0.39, 0.29) is 0 Å². The number of likely N-dealkylation sites (tertiary alicyclic amines) is 1. The van der Waals surface area contributed by atoms with E-state index in [9.17, 15) is 0 Å². The molecule has 1 saturated carbocycles. The molecule has 0 amide bonds. The third-order valence-corrected chi connectivity index (χ3v) is 5.88. The van der Waals surface area contributed by atoms with Gasteiger partial charge < -0.3 is 14.2 Å². The summed E-state index contributed by atoms with van der Waals surface area (Å²) >= 11 is 0. The molecule has 3 aliphatic rings. The second kappa shape index (κ2) is 6.45. The van der Waals surface area contributed by atoms with Crippen molar-refractivity contribution < 1.29 is 4.74 Å². The number of rotatable bonds is 5.